The molecule has 0 aromatic heterocycles. The van der Waals surface area contributed by atoms with E-state index < -0.39 is 26.5 Å². The molecule has 10 heteroatoms. The van der Waals surface area contributed by atoms with Crippen molar-refractivity contribution in [1.29, 1.82) is 0 Å². The van der Waals surface area contributed by atoms with E-state index >= 15 is 0 Å². The second kappa shape index (κ2) is 40.2. The average molecular weight is 830 g/mol. The third-order valence-corrected chi connectivity index (χ3v) is 11.5. The predicted molar refractivity (Wildman–Crippen MR) is 236 cm³/mol. The van der Waals surface area contributed by atoms with Gasteiger partial charge in [-0.25, -0.2) is 0 Å². The third kappa shape index (κ3) is 44.1. The molecule has 0 aliphatic rings. The van der Waals surface area contributed by atoms with Crippen LogP contribution < -0.4 is 4.89 Å². The molecular weight excluding hydrogens is 737 g/mol. The number of hydrogen-bond acceptors (Lipinski definition) is 8. The van der Waals surface area contributed by atoms with Crippen molar-refractivity contribution in [3.8, 4) is 0 Å². The van der Waals surface area contributed by atoms with E-state index in [0.717, 1.165) is 32.1 Å². The first kappa shape index (κ1) is 55.8. The number of nitrogens with zero attached hydrogens (tertiary/aromatic N) is 1. The first-order valence-corrected chi connectivity index (χ1v) is 25.4. The second-order valence-corrected chi connectivity index (χ2v) is 18.9. The Balaban J connectivity index is 4.27. The van der Waals surface area contributed by atoms with E-state index in [1.807, 2.05) is 21.1 Å². The molecule has 0 amide bonds. The molecule has 0 saturated carbocycles. The molecule has 2 atom stereocenters. The van der Waals surface area contributed by atoms with Crippen LogP contribution in [-0.2, 0) is 32.7 Å². The summed E-state index contributed by atoms with van der Waals surface area (Å²) in [4.78, 5) is 37.6. The number of hydrogen-bond donors (Lipinski definition) is 0. The molecule has 0 aliphatic carbocycles. The quantitative estimate of drug-likeness (QED) is 0.0196. The first-order valence-electron chi connectivity index (χ1n) is 23.9. The lowest BCUT2D eigenvalue weighted by Crippen LogP contribution is -2.37. The number of ether oxygens (including phenoxy) is 2. The van der Waals surface area contributed by atoms with Crippen molar-refractivity contribution >= 4 is 19.8 Å². The van der Waals surface area contributed by atoms with Gasteiger partial charge in [-0.3, -0.25) is 14.2 Å². The fraction of sp³-hybridized carbons (Fsp3) is 0.915. The molecule has 57 heavy (non-hydrogen) atoms. The van der Waals surface area contributed by atoms with Crippen molar-refractivity contribution in [2.24, 2.45) is 0 Å². The van der Waals surface area contributed by atoms with Crippen molar-refractivity contribution in [3.63, 3.8) is 0 Å². The largest absolute Gasteiger partial charge is 0.756 e. The Morgan fingerprint density at radius 3 is 1.32 bits per heavy atom. The molecule has 338 valence electrons. The van der Waals surface area contributed by atoms with E-state index in [1.165, 1.54) is 161 Å². The van der Waals surface area contributed by atoms with Crippen LogP contribution in [0.1, 0.15) is 226 Å². The number of carbonyl (C=O) groups excluding carboxylic acids is 2. The summed E-state index contributed by atoms with van der Waals surface area (Å²) in [5.41, 5.74) is 0. The molecule has 0 aliphatic heterocycles. The molecule has 0 saturated heterocycles. The van der Waals surface area contributed by atoms with E-state index in [0.29, 0.717) is 17.4 Å². The summed E-state index contributed by atoms with van der Waals surface area (Å²) < 4.78 is 34.0. The Kier molecular flexibility index (Phi) is 39.3. The highest BCUT2D eigenvalue weighted by Gasteiger charge is 2.21. The van der Waals surface area contributed by atoms with Gasteiger partial charge in [-0.15, -0.1) is 0 Å². The van der Waals surface area contributed by atoms with Gasteiger partial charge in [0.05, 0.1) is 27.7 Å². The minimum atomic E-state index is -4.62. The minimum absolute atomic E-state index is 0.0276. The van der Waals surface area contributed by atoms with Crippen LogP contribution >= 0.6 is 7.82 Å². The summed E-state index contributed by atoms with van der Waals surface area (Å²) in [5, 5.41) is 0. The molecular formula is C47H92NO8P. The minimum Gasteiger partial charge on any atom is -0.756 e. The fourth-order valence-electron chi connectivity index (χ4n) is 6.77. The number of allylic oxidation sites excluding steroid dienone is 2. The lowest BCUT2D eigenvalue weighted by atomic mass is 10.0. The number of rotatable bonds is 44. The number of esters is 2. The van der Waals surface area contributed by atoms with Gasteiger partial charge in [-0.2, -0.15) is 0 Å². The molecule has 0 fully saturated rings. The Labute approximate surface area is 352 Å². The summed E-state index contributed by atoms with van der Waals surface area (Å²) in [6, 6.07) is 0. The molecule has 0 aromatic rings. The van der Waals surface area contributed by atoms with Crippen LogP contribution in [0, 0.1) is 0 Å². The van der Waals surface area contributed by atoms with E-state index in [4.69, 9.17) is 18.5 Å². The highest BCUT2D eigenvalue weighted by Crippen LogP contribution is 2.38. The third-order valence-electron chi connectivity index (χ3n) is 10.5. The van der Waals surface area contributed by atoms with E-state index in [2.05, 4.69) is 26.0 Å². The number of phosphoric acid groups is 1. The topological polar surface area (TPSA) is 111 Å². The Hall–Kier alpha value is -1.25. The van der Waals surface area contributed by atoms with Gasteiger partial charge in [0, 0.05) is 12.8 Å². The summed E-state index contributed by atoms with van der Waals surface area (Å²) in [7, 11) is 1.18. The molecule has 0 N–H and O–H groups in total. The monoisotopic (exact) mass is 830 g/mol. The SMILES string of the molecule is CCCCCC/C=C/CCCCCCCCCCCC(=O)OC[C@H](COP(=O)([O-])OCC[N+](C)(C)C)OC(=O)CCCCCCCCCCCCCCCCCC. The molecule has 0 rings (SSSR count). The molecule has 0 bridgehead atoms. The predicted octanol–water partition coefficient (Wildman–Crippen LogP) is 13.1. The zero-order chi connectivity index (χ0) is 42.1. The smallest absolute Gasteiger partial charge is 0.306 e. The summed E-state index contributed by atoms with van der Waals surface area (Å²) in [6.45, 7) is 4.25. The van der Waals surface area contributed by atoms with Crippen molar-refractivity contribution in [3.05, 3.63) is 12.2 Å². The number of unbranched alkanes of at least 4 members (excludes halogenated alkanes) is 28. The van der Waals surface area contributed by atoms with E-state index in [1.54, 1.807) is 0 Å². The van der Waals surface area contributed by atoms with Crippen LogP contribution in [-0.4, -0.2) is 70.0 Å². The number of likely N-dealkylation sites (N-methyl/N-ethyl adjacent to an activating group) is 1. The van der Waals surface area contributed by atoms with Gasteiger partial charge in [0.25, 0.3) is 7.82 Å². The van der Waals surface area contributed by atoms with Crippen LogP contribution in [0.25, 0.3) is 0 Å². The van der Waals surface area contributed by atoms with Crippen LogP contribution in [0.3, 0.4) is 0 Å². The highest BCUT2D eigenvalue weighted by molar-refractivity contribution is 7.45. The summed E-state index contributed by atoms with van der Waals surface area (Å²) in [6.07, 6.45) is 42.3. The van der Waals surface area contributed by atoms with E-state index in [-0.39, 0.29) is 32.0 Å². The Morgan fingerprint density at radius 1 is 0.526 bits per heavy atom. The molecule has 1 unspecified atom stereocenters. The van der Waals surface area contributed by atoms with Crippen LogP contribution in [0.5, 0.6) is 0 Å². The fourth-order valence-corrected chi connectivity index (χ4v) is 7.50. The van der Waals surface area contributed by atoms with Crippen molar-refractivity contribution in [1.82, 2.24) is 0 Å². The lowest BCUT2D eigenvalue weighted by Gasteiger charge is -2.28. The van der Waals surface area contributed by atoms with E-state index in [9.17, 15) is 19.0 Å². The Bertz CT molecular complexity index is 985. The second-order valence-electron chi connectivity index (χ2n) is 17.5. The first-order chi connectivity index (χ1) is 27.5. The highest BCUT2D eigenvalue weighted by atomic mass is 31.2. The van der Waals surface area contributed by atoms with Crippen molar-refractivity contribution < 1.29 is 42.1 Å². The van der Waals surface area contributed by atoms with Gasteiger partial charge in [0.1, 0.15) is 19.8 Å². The average Bonchev–Trinajstić information content (AvgIpc) is 3.16. The van der Waals surface area contributed by atoms with Gasteiger partial charge in [-0.1, -0.05) is 187 Å². The zero-order valence-corrected chi connectivity index (χ0v) is 38.9. The Morgan fingerprint density at radius 2 is 0.895 bits per heavy atom. The lowest BCUT2D eigenvalue weighted by molar-refractivity contribution is -0.870. The molecule has 0 heterocycles. The molecule has 0 radical (unpaired) electrons. The van der Waals surface area contributed by atoms with Gasteiger partial charge >= 0.3 is 11.9 Å². The van der Waals surface area contributed by atoms with Crippen LogP contribution in [0.2, 0.25) is 0 Å². The van der Waals surface area contributed by atoms with Crippen LogP contribution in [0.15, 0.2) is 12.2 Å². The summed E-state index contributed by atoms with van der Waals surface area (Å²) in [5.74, 6) is -0.824. The van der Waals surface area contributed by atoms with Crippen LogP contribution in [0.4, 0.5) is 0 Å². The summed E-state index contributed by atoms with van der Waals surface area (Å²) >= 11 is 0. The maximum atomic E-state index is 12.7. The molecule has 0 aromatic carbocycles. The number of quaternary nitrogens is 1. The molecule has 9 nitrogen and oxygen atoms in total. The number of phosphoric ester groups is 1. The maximum Gasteiger partial charge on any atom is 0.306 e. The van der Waals surface area contributed by atoms with Gasteiger partial charge in [-0.05, 0) is 38.5 Å². The normalized spacial score (nSPS) is 13.6. The van der Waals surface area contributed by atoms with Gasteiger partial charge in [0.15, 0.2) is 6.10 Å². The standard InChI is InChI=1S/C47H92NO8P/c1-6-8-10-12-14-16-18-20-22-24-26-27-29-31-33-35-37-39-46(49)53-43-45(44-55-57(51,52)54-42-41-48(3,4)5)56-47(50)40-38-36-34-32-30-28-25-23-21-19-17-15-13-11-9-7-2/h16,18,45H,6-15,17,19-44H2,1-5H3/b18-16+/t45-/m1/s1. The van der Waals surface area contributed by atoms with Crippen molar-refractivity contribution in [2.45, 2.75) is 232 Å². The number of carbonyl (C=O) groups is 2. The maximum absolute atomic E-state index is 12.7. The molecule has 0 spiro atoms. The zero-order valence-electron chi connectivity index (χ0n) is 38.1. The van der Waals surface area contributed by atoms with Gasteiger partial charge in [0.2, 0.25) is 0 Å². The van der Waals surface area contributed by atoms with Gasteiger partial charge < -0.3 is 27.9 Å². The van der Waals surface area contributed by atoms with Crippen molar-refractivity contribution in [2.75, 3.05) is 47.5 Å².